The second-order valence-electron chi connectivity index (χ2n) is 3.69. The Balaban J connectivity index is 0.000000405. The number of nitrogens with one attached hydrogen (secondary N) is 1. The molecular weight excluding hydrogens is 203 g/mol. The number of hydrogen-bond acceptors (Lipinski definition) is 0. The Kier molecular flexibility index (Phi) is 3.50. The van der Waals surface area contributed by atoms with Crippen LogP contribution in [-0.2, 0) is 32.7 Å². The molecule has 2 fully saturated rings. The van der Waals surface area contributed by atoms with Gasteiger partial charge in [-0.25, -0.2) is 0 Å². The van der Waals surface area contributed by atoms with E-state index in [0.717, 1.165) is 5.92 Å². The molecule has 0 saturated heterocycles. The smallest absolute Gasteiger partial charge is 0 e. The number of fused-ring (bicyclic) bond motifs is 1. The van der Waals surface area contributed by atoms with Crippen molar-refractivity contribution in [3.8, 4) is 0 Å². The molecule has 3 N–H and O–H groups in total. The maximum atomic E-state index is 7.42. The van der Waals surface area contributed by atoms with E-state index in [9.17, 15) is 0 Å². The van der Waals surface area contributed by atoms with Crippen molar-refractivity contribution in [3.63, 3.8) is 0 Å². The summed E-state index contributed by atoms with van der Waals surface area (Å²) in [6.07, 6.45) is 3.79. The molecule has 57 valence electrons. The summed E-state index contributed by atoms with van der Waals surface area (Å²) in [7, 11) is 0. The van der Waals surface area contributed by atoms with Crippen molar-refractivity contribution in [1.29, 1.82) is 0 Å². The van der Waals surface area contributed by atoms with Gasteiger partial charge < -0.3 is 11.2 Å². The van der Waals surface area contributed by atoms with Crippen molar-refractivity contribution in [2.45, 2.75) is 32.2 Å². The first-order valence-electron chi connectivity index (χ1n) is 3.42. The van der Waals surface area contributed by atoms with Crippen LogP contribution >= 0.6 is 0 Å². The summed E-state index contributed by atoms with van der Waals surface area (Å²) < 4.78 is 0. The standard InChI is InChI=1S/C7H12N.H2O.Y/c1-7-3-5(7)2-6(8)4-7;;/h5-6,8H,2-4H2,1H3;1H2;/q-1;;. The third-order valence-electron chi connectivity index (χ3n) is 2.82. The fourth-order valence-corrected chi connectivity index (χ4v) is 2.11. The van der Waals surface area contributed by atoms with Gasteiger partial charge in [0.15, 0.2) is 0 Å². The summed E-state index contributed by atoms with van der Waals surface area (Å²) in [5, 5.41) is 0. The molecule has 2 saturated carbocycles. The fourth-order valence-electron chi connectivity index (χ4n) is 2.11. The van der Waals surface area contributed by atoms with E-state index < -0.39 is 0 Å². The molecule has 2 aliphatic rings. The van der Waals surface area contributed by atoms with Crippen LogP contribution in [0.3, 0.4) is 0 Å². The second-order valence-corrected chi connectivity index (χ2v) is 3.69. The molecule has 0 aliphatic heterocycles. The van der Waals surface area contributed by atoms with Crippen molar-refractivity contribution in [2.75, 3.05) is 0 Å². The van der Waals surface area contributed by atoms with Crippen LogP contribution in [0.25, 0.3) is 5.73 Å². The van der Waals surface area contributed by atoms with Gasteiger partial charge in [0.05, 0.1) is 0 Å². The van der Waals surface area contributed by atoms with Gasteiger partial charge in [-0.05, 0) is 17.8 Å². The molecule has 0 aromatic rings. The molecular formula is C7H14NOY-. The van der Waals surface area contributed by atoms with Gasteiger partial charge in [-0.15, -0.1) is 6.04 Å². The van der Waals surface area contributed by atoms with Crippen molar-refractivity contribution < 1.29 is 38.2 Å². The number of rotatable bonds is 0. The van der Waals surface area contributed by atoms with Crippen LogP contribution in [0.5, 0.6) is 0 Å². The molecule has 0 spiro atoms. The third-order valence-corrected chi connectivity index (χ3v) is 2.82. The number of hydrogen-bond donors (Lipinski definition) is 0. The molecule has 0 aromatic heterocycles. The van der Waals surface area contributed by atoms with Crippen molar-refractivity contribution in [2.24, 2.45) is 11.3 Å². The van der Waals surface area contributed by atoms with E-state index in [0.29, 0.717) is 11.5 Å². The summed E-state index contributed by atoms with van der Waals surface area (Å²) in [5.41, 5.74) is 8.06. The molecule has 0 heterocycles. The van der Waals surface area contributed by atoms with E-state index in [4.69, 9.17) is 5.73 Å². The van der Waals surface area contributed by atoms with Gasteiger partial charge in [-0.1, -0.05) is 19.8 Å². The Morgan fingerprint density at radius 3 is 2.20 bits per heavy atom. The average molecular weight is 217 g/mol. The Morgan fingerprint density at radius 2 is 2.00 bits per heavy atom. The SMILES string of the molecule is CC12CC([NH-])CC1C2.O.[Y]. The van der Waals surface area contributed by atoms with E-state index >= 15 is 0 Å². The Morgan fingerprint density at radius 1 is 1.40 bits per heavy atom. The molecule has 3 heteroatoms. The summed E-state index contributed by atoms with van der Waals surface area (Å²) in [6, 6.07) is 0.291. The third kappa shape index (κ3) is 1.61. The maximum Gasteiger partial charge on any atom is 0 e. The van der Waals surface area contributed by atoms with Gasteiger partial charge in [0.25, 0.3) is 0 Å². The van der Waals surface area contributed by atoms with E-state index in [1.165, 1.54) is 19.3 Å². The van der Waals surface area contributed by atoms with Crippen molar-refractivity contribution >= 4 is 0 Å². The zero-order valence-corrected chi connectivity index (χ0v) is 9.19. The minimum atomic E-state index is 0. The normalized spacial score (nSPS) is 48.6. The molecule has 3 atom stereocenters. The van der Waals surface area contributed by atoms with Crippen LogP contribution in [-0.4, -0.2) is 11.5 Å². The zero-order valence-electron chi connectivity index (χ0n) is 6.35. The summed E-state index contributed by atoms with van der Waals surface area (Å²) in [5.74, 6) is 0.949. The maximum absolute atomic E-state index is 7.42. The van der Waals surface area contributed by atoms with Crippen LogP contribution in [0, 0.1) is 11.3 Å². The summed E-state index contributed by atoms with van der Waals surface area (Å²) >= 11 is 0. The first kappa shape index (κ1) is 11.0. The predicted octanol–water partition coefficient (Wildman–Crippen LogP) is 1.40. The van der Waals surface area contributed by atoms with Crippen LogP contribution < -0.4 is 0 Å². The minimum absolute atomic E-state index is 0. The Hall–Kier alpha value is 1.02. The molecule has 1 radical (unpaired) electrons. The molecule has 3 unspecified atom stereocenters. The fraction of sp³-hybridized carbons (Fsp3) is 1.00. The van der Waals surface area contributed by atoms with E-state index in [-0.39, 0.29) is 38.2 Å². The predicted molar refractivity (Wildman–Crippen MR) is 37.2 cm³/mol. The second kappa shape index (κ2) is 3.18. The van der Waals surface area contributed by atoms with Crippen LogP contribution in [0.15, 0.2) is 0 Å². The van der Waals surface area contributed by atoms with Crippen molar-refractivity contribution in [1.82, 2.24) is 0 Å². The monoisotopic (exact) mass is 217 g/mol. The Labute approximate surface area is 87.1 Å². The van der Waals surface area contributed by atoms with Gasteiger partial charge in [0, 0.05) is 32.7 Å². The van der Waals surface area contributed by atoms with E-state index in [2.05, 4.69) is 6.92 Å². The van der Waals surface area contributed by atoms with Gasteiger partial charge in [-0.2, -0.15) is 0 Å². The molecule has 0 aromatic carbocycles. The summed E-state index contributed by atoms with van der Waals surface area (Å²) in [6.45, 7) is 2.33. The molecule has 2 rings (SSSR count). The largest absolute Gasteiger partial charge is 0.675 e. The average Bonchev–Trinajstić information content (AvgIpc) is 2.07. The minimum Gasteiger partial charge on any atom is -0.675 e. The van der Waals surface area contributed by atoms with Gasteiger partial charge in [-0.3, -0.25) is 0 Å². The first-order valence-corrected chi connectivity index (χ1v) is 3.42. The zero-order chi connectivity index (χ0) is 5.78. The van der Waals surface area contributed by atoms with E-state index in [1.807, 2.05) is 0 Å². The topological polar surface area (TPSA) is 55.3 Å². The summed E-state index contributed by atoms with van der Waals surface area (Å²) in [4.78, 5) is 0. The van der Waals surface area contributed by atoms with E-state index in [1.54, 1.807) is 0 Å². The van der Waals surface area contributed by atoms with Gasteiger partial charge in [0.1, 0.15) is 0 Å². The quantitative estimate of drug-likeness (QED) is 0.589. The molecule has 0 bridgehead atoms. The molecule has 2 nitrogen and oxygen atoms in total. The first-order chi connectivity index (χ1) is 3.71. The van der Waals surface area contributed by atoms with Crippen LogP contribution in [0.4, 0.5) is 0 Å². The molecule has 0 amide bonds. The van der Waals surface area contributed by atoms with Crippen LogP contribution in [0.1, 0.15) is 26.2 Å². The van der Waals surface area contributed by atoms with Crippen molar-refractivity contribution in [3.05, 3.63) is 5.73 Å². The Bertz CT molecular complexity index is 131. The van der Waals surface area contributed by atoms with Gasteiger partial charge >= 0.3 is 0 Å². The molecule has 2 aliphatic carbocycles. The molecule has 10 heavy (non-hydrogen) atoms. The van der Waals surface area contributed by atoms with Crippen LogP contribution in [0.2, 0.25) is 0 Å². The van der Waals surface area contributed by atoms with Gasteiger partial charge in [0.2, 0.25) is 0 Å².